The van der Waals surface area contributed by atoms with Crippen LogP contribution in [-0.2, 0) is 9.59 Å². The normalized spacial score (nSPS) is 19.7. The van der Waals surface area contributed by atoms with Gasteiger partial charge in [-0.1, -0.05) is 59.7 Å². The molecule has 2 aromatic rings. The molecular formula is C19H17NO3. The van der Waals surface area contributed by atoms with Gasteiger partial charge in [0, 0.05) is 5.56 Å². The number of hydrogen-bond donors (Lipinski definition) is 2. The summed E-state index contributed by atoms with van der Waals surface area (Å²) in [5.41, 5.74) is 3.52. The van der Waals surface area contributed by atoms with Gasteiger partial charge in [0.05, 0.1) is 11.6 Å². The summed E-state index contributed by atoms with van der Waals surface area (Å²) in [6, 6.07) is 14.1. The summed E-state index contributed by atoms with van der Waals surface area (Å²) in [6.07, 6.45) is 0. The summed E-state index contributed by atoms with van der Waals surface area (Å²) in [5, 5.41) is 13.2. The smallest absolute Gasteiger partial charge is 0.293 e. The van der Waals surface area contributed by atoms with E-state index in [1.807, 2.05) is 50.2 Å². The van der Waals surface area contributed by atoms with Gasteiger partial charge in [-0.3, -0.25) is 9.59 Å². The Balaban J connectivity index is 2.10. The fourth-order valence-electron chi connectivity index (χ4n) is 2.64. The van der Waals surface area contributed by atoms with E-state index in [-0.39, 0.29) is 11.3 Å². The molecule has 1 unspecified atom stereocenters. The third-order valence-corrected chi connectivity index (χ3v) is 4.01. The molecule has 1 aliphatic heterocycles. The summed E-state index contributed by atoms with van der Waals surface area (Å²) < 4.78 is 0. The average Bonchev–Trinajstić information content (AvgIpc) is 2.84. The van der Waals surface area contributed by atoms with E-state index in [0.29, 0.717) is 5.56 Å². The van der Waals surface area contributed by atoms with Crippen molar-refractivity contribution in [3.05, 3.63) is 76.4 Å². The van der Waals surface area contributed by atoms with Crippen LogP contribution in [0.1, 0.15) is 28.3 Å². The maximum atomic E-state index is 12.2. The van der Waals surface area contributed by atoms with Gasteiger partial charge < -0.3 is 10.4 Å². The van der Waals surface area contributed by atoms with Crippen molar-refractivity contribution in [1.29, 1.82) is 0 Å². The number of benzene rings is 2. The second-order valence-electron chi connectivity index (χ2n) is 5.77. The highest BCUT2D eigenvalue weighted by Gasteiger charge is 2.39. The van der Waals surface area contributed by atoms with Crippen molar-refractivity contribution in [2.45, 2.75) is 19.9 Å². The molecule has 23 heavy (non-hydrogen) atoms. The third kappa shape index (κ3) is 2.75. The van der Waals surface area contributed by atoms with E-state index in [4.69, 9.17) is 0 Å². The van der Waals surface area contributed by atoms with Crippen LogP contribution in [0.5, 0.6) is 0 Å². The molecule has 2 aromatic carbocycles. The fourth-order valence-corrected chi connectivity index (χ4v) is 2.64. The van der Waals surface area contributed by atoms with E-state index < -0.39 is 17.7 Å². The highest BCUT2D eigenvalue weighted by atomic mass is 16.3. The number of aryl methyl sites for hydroxylation is 2. The number of carbonyl (C=O) groups is 2. The number of ketones is 1. The molecule has 1 heterocycles. The Morgan fingerprint density at radius 1 is 0.913 bits per heavy atom. The molecule has 1 amide bonds. The van der Waals surface area contributed by atoms with E-state index in [9.17, 15) is 14.7 Å². The van der Waals surface area contributed by atoms with E-state index in [1.165, 1.54) is 0 Å². The maximum absolute atomic E-state index is 12.2. The van der Waals surface area contributed by atoms with Crippen molar-refractivity contribution >= 4 is 17.4 Å². The molecule has 116 valence electrons. The van der Waals surface area contributed by atoms with Gasteiger partial charge in [-0.15, -0.1) is 0 Å². The number of hydrogen-bond acceptors (Lipinski definition) is 3. The topological polar surface area (TPSA) is 66.4 Å². The van der Waals surface area contributed by atoms with Gasteiger partial charge in [0.25, 0.3) is 11.7 Å². The second kappa shape index (κ2) is 5.72. The first kappa shape index (κ1) is 15.0. The predicted octanol–water partition coefficient (Wildman–Crippen LogP) is 3.01. The van der Waals surface area contributed by atoms with E-state index in [2.05, 4.69) is 5.32 Å². The molecule has 1 aliphatic rings. The van der Waals surface area contributed by atoms with E-state index >= 15 is 0 Å². The van der Waals surface area contributed by atoms with Gasteiger partial charge in [-0.2, -0.15) is 0 Å². The second-order valence-corrected chi connectivity index (χ2v) is 5.77. The number of aliphatic hydroxyl groups excluding tert-OH is 1. The molecule has 1 fully saturated rings. The number of rotatable bonds is 2. The number of carbonyl (C=O) groups excluding carboxylic acids is 2. The molecule has 1 saturated heterocycles. The predicted molar refractivity (Wildman–Crippen MR) is 87.8 cm³/mol. The summed E-state index contributed by atoms with van der Waals surface area (Å²) in [5.74, 6) is -1.53. The summed E-state index contributed by atoms with van der Waals surface area (Å²) in [7, 11) is 0. The lowest BCUT2D eigenvalue weighted by Gasteiger charge is -2.14. The minimum atomic E-state index is -0.691. The molecule has 3 rings (SSSR count). The summed E-state index contributed by atoms with van der Waals surface area (Å²) >= 11 is 0. The third-order valence-electron chi connectivity index (χ3n) is 4.01. The molecule has 0 bridgehead atoms. The monoisotopic (exact) mass is 307 g/mol. The Morgan fingerprint density at radius 3 is 2.00 bits per heavy atom. The maximum Gasteiger partial charge on any atom is 0.293 e. The highest BCUT2D eigenvalue weighted by Crippen LogP contribution is 2.32. The van der Waals surface area contributed by atoms with Crippen LogP contribution >= 0.6 is 0 Å². The van der Waals surface area contributed by atoms with E-state index in [0.717, 1.165) is 16.7 Å². The number of aliphatic hydroxyl groups is 1. The lowest BCUT2D eigenvalue weighted by atomic mass is 9.95. The largest absolute Gasteiger partial charge is 0.507 e. The standard InChI is InChI=1S/C19H17NO3/c1-11-3-7-13(8-4-11)16-15(18(22)19(23)20-16)17(21)14-9-5-12(2)6-10-14/h3-10,16,21H,1-2H3,(H,20,23). The van der Waals surface area contributed by atoms with Crippen LogP contribution in [0, 0.1) is 13.8 Å². The number of nitrogens with one attached hydrogen (secondary N) is 1. The average molecular weight is 307 g/mol. The lowest BCUT2D eigenvalue weighted by Crippen LogP contribution is -2.21. The first-order chi connectivity index (χ1) is 11.0. The minimum absolute atomic E-state index is 0.0997. The molecule has 0 aromatic heterocycles. The van der Waals surface area contributed by atoms with Gasteiger partial charge in [-0.05, 0) is 19.4 Å². The molecular weight excluding hydrogens is 290 g/mol. The molecule has 0 aliphatic carbocycles. The SMILES string of the molecule is Cc1ccc(C(O)=C2C(=O)C(=O)NC2c2ccc(C)cc2)cc1. The molecule has 4 heteroatoms. The first-order valence-corrected chi connectivity index (χ1v) is 7.39. The number of amides is 1. The zero-order chi connectivity index (χ0) is 16.6. The molecule has 4 nitrogen and oxygen atoms in total. The Kier molecular flexibility index (Phi) is 3.74. The van der Waals surface area contributed by atoms with Crippen LogP contribution < -0.4 is 5.32 Å². The van der Waals surface area contributed by atoms with Crippen molar-refractivity contribution in [3.63, 3.8) is 0 Å². The summed E-state index contributed by atoms with van der Waals surface area (Å²) in [6.45, 7) is 3.90. The van der Waals surface area contributed by atoms with Crippen LogP contribution in [0.2, 0.25) is 0 Å². The van der Waals surface area contributed by atoms with Crippen LogP contribution in [0.15, 0.2) is 54.1 Å². The molecule has 0 saturated carbocycles. The van der Waals surface area contributed by atoms with Gasteiger partial charge >= 0.3 is 0 Å². The van der Waals surface area contributed by atoms with Crippen LogP contribution in [0.25, 0.3) is 5.76 Å². The van der Waals surface area contributed by atoms with Crippen LogP contribution in [-0.4, -0.2) is 16.8 Å². The fraction of sp³-hybridized carbons (Fsp3) is 0.158. The molecule has 0 radical (unpaired) electrons. The van der Waals surface area contributed by atoms with Crippen molar-refractivity contribution < 1.29 is 14.7 Å². The quantitative estimate of drug-likeness (QED) is 0.509. The zero-order valence-electron chi connectivity index (χ0n) is 13.0. The Morgan fingerprint density at radius 2 is 1.43 bits per heavy atom. The molecule has 1 atom stereocenters. The Bertz CT molecular complexity index is 802. The van der Waals surface area contributed by atoms with Crippen LogP contribution in [0.3, 0.4) is 0 Å². The van der Waals surface area contributed by atoms with Crippen molar-refractivity contribution in [2.24, 2.45) is 0 Å². The highest BCUT2D eigenvalue weighted by molar-refractivity contribution is 6.46. The van der Waals surface area contributed by atoms with E-state index in [1.54, 1.807) is 12.1 Å². The Labute approximate surface area is 134 Å². The van der Waals surface area contributed by atoms with Gasteiger partial charge in [0.2, 0.25) is 0 Å². The van der Waals surface area contributed by atoms with Crippen LogP contribution in [0.4, 0.5) is 0 Å². The zero-order valence-corrected chi connectivity index (χ0v) is 13.0. The first-order valence-electron chi connectivity index (χ1n) is 7.39. The molecule has 2 N–H and O–H groups in total. The van der Waals surface area contributed by atoms with Crippen molar-refractivity contribution in [3.8, 4) is 0 Å². The summed E-state index contributed by atoms with van der Waals surface area (Å²) in [4.78, 5) is 24.0. The minimum Gasteiger partial charge on any atom is -0.507 e. The van der Waals surface area contributed by atoms with Crippen molar-refractivity contribution in [2.75, 3.05) is 0 Å². The lowest BCUT2D eigenvalue weighted by molar-refractivity contribution is -0.133. The Hall–Kier alpha value is -2.88. The van der Waals surface area contributed by atoms with Gasteiger partial charge in [-0.25, -0.2) is 0 Å². The van der Waals surface area contributed by atoms with Gasteiger partial charge in [0.15, 0.2) is 0 Å². The van der Waals surface area contributed by atoms with Crippen molar-refractivity contribution in [1.82, 2.24) is 5.32 Å². The number of Topliss-reactive ketones (excluding diaryl/α,β-unsaturated/α-hetero) is 1. The van der Waals surface area contributed by atoms with Gasteiger partial charge in [0.1, 0.15) is 5.76 Å². The molecule has 0 spiro atoms.